The average molecular weight is 233 g/mol. The molecule has 88 valence electrons. The fraction of sp³-hybridized carbons (Fsp3) is 0.400. The number of rotatable bonds is 0. The first kappa shape index (κ1) is 11.2. The Morgan fingerprint density at radius 1 is 1.38 bits per heavy atom. The highest BCUT2D eigenvalue weighted by Crippen LogP contribution is 2.36. The third-order valence-electron chi connectivity index (χ3n) is 2.52. The Labute approximate surface area is 89.6 Å². The minimum atomic E-state index is -4.42. The first-order chi connectivity index (χ1) is 7.39. The molecule has 2 rings (SSSR count). The molecule has 0 aliphatic carbocycles. The molecule has 6 heteroatoms. The molecular weight excluding hydrogens is 223 g/mol. The lowest BCUT2D eigenvalue weighted by atomic mass is 9.97. The minimum Gasteiger partial charge on any atom is -0.490 e. The van der Waals surface area contributed by atoms with Gasteiger partial charge in [0.1, 0.15) is 18.5 Å². The van der Waals surface area contributed by atoms with Gasteiger partial charge in [-0.2, -0.15) is 13.2 Å². The van der Waals surface area contributed by atoms with Crippen molar-refractivity contribution in [3.8, 4) is 5.75 Å². The van der Waals surface area contributed by atoms with Crippen molar-refractivity contribution >= 4 is 0 Å². The standard InChI is InChI=1S/C10H10F3NO2/c11-10(12,13)5-1-2-8-6(3-5)9(14)7(15)4-16-8/h1-3,7,9,15H,4,14H2/t7-,9+/m1/s1. The summed E-state index contributed by atoms with van der Waals surface area (Å²) in [5.41, 5.74) is 5.00. The summed E-state index contributed by atoms with van der Waals surface area (Å²) in [7, 11) is 0. The number of aliphatic hydroxyl groups excluding tert-OH is 1. The van der Waals surface area contributed by atoms with Crippen LogP contribution in [0.2, 0.25) is 0 Å². The first-order valence-corrected chi connectivity index (χ1v) is 4.67. The molecule has 3 nitrogen and oxygen atoms in total. The van der Waals surface area contributed by atoms with Crippen molar-refractivity contribution in [3.05, 3.63) is 29.3 Å². The molecule has 1 aliphatic heterocycles. The Hall–Kier alpha value is -1.27. The van der Waals surface area contributed by atoms with Gasteiger partial charge in [0.25, 0.3) is 0 Å². The molecule has 3 N–H and O–H groups in total. The smallest absolute Gasteiger partial charge is 0.416 e. The van der Waals surface area contributed by atoms with Gasteiger partial charge in [-0.3, -0.25) is 0 Å². The van der Waals surface area contributed by atoms with Crippen molar-refractivity contribution in [1.82, 2.24) is 0 Å². The highest BCUT2D eigenvalue weighted by molar-refractivity contribution is 5.42. The van der Waals surface area contributed by atoms with Crippen LogP contribution in [0.15, 0.2) is 18.2 Å². The summed E-state index contributed by atoms with van der Waals surface area (Å²) >= 11 is 0. The molecule has 0 bridgehead atoms. The molecule has 0 fully saturated rings. The third-order valence-corrected chi connectivity index (χ3v) is 2.52. The van der Waals surface area contributed by atoms with E-state index < -0.39 is 23.9 Å². The number of aliphatic hydroxyl groups is 1. The molecular formula is C10H10F3NO2. The van der Waals surface area contributed by atoms with E-state index in [-0.39, 0.29) is 12.2 Å². The maximum atomic E-state index is 12.4. The van der Waals surface area contributed by atoms with Gasteiger partial charge >= 0.3 is 6.18 Å². The van der Waals surface area contributed by atoms with E-state index in [2.05, 4.69) is 0 Å². The number of hydrogen-bond acceptors (Lipinski definition) is 3. The lowest BCUT2D eigenvalue weighted by Gasteiger charge is -2.28. The highest BCUT2D eigenvalue weighted by Gasteiger charge is 2.34. The van der Waals surface area contributed by atoms with Crippen LogP contribution in [0, 0.1) is 0 Å². The molecule has 0 unspecified atom stereocenters. The van der Waals surface area contributed by atoms with Crippen LogP contribution >= 0.6 is 0 Å². The zero-order chi connectivity index (χ0) is 11.9. The fourth-order valence-corrected chi connectivity index (χ4v) is 1.60. The van der Waals surface area contributed by atoms with Gasteiger partial charge < -0.3 is 15.6 Å². The second-order valence-corrected chi connectivity index (χ2v) is 3.65. The van der Waals surface area contributed by atoms with Crippen LogP contribution < -0.4 is 10.5 Å². The van der Waals surface area contributed by atoms with E-state index in [1.54, 1.807) is 0 Å². The number of nitrogens with two attached hydrogens (primary N) is 1. The summed E-state index contributed by atoms with van der Waals surface area (Å²) in [6.45, 7) is -0.000465. The summed E-state index contributed by atoms with van der Waals surface area (Å²) in [6.07, 6.45) is -5.40. The number of halogens is 3. The fourth-order valence-electron chi connectivity index (χ4n) is 1.60. The summed E-state index contributed by atoms with van der Waals surface area (Å²) in [5.74, 6) is 0.297. The van der Waals surface area contributed by atoms with Crippen molar-refractivity contribution in [2.45, 2.75) is 18.3 Å². The van der Waals surface area contributed by atoms with Gasteiger partial charge in [0.2, 0.25) is 0 Å². The number of hydrogen-bond donors (Lipinski definition) is 2. The van der Waals surface area contributed by atoms with Crippen LogP contribution in [-0.4, -0.2) is 17.8 Å². The molecule has 0 saturated carbocycles. The number of ether oxygens (including phenoxy) is 1. The molecule has 16 heavy (non-hydrogen) atoms. The van der Waals surface area contributed by atoms with E-state index in [1.165, 1.54) is 6.07 Å². The Kier molecular flexibility index (Phi) is 2.55. The van der Waals surface area contributed by atoms with Gasteiger partial charge in [-0.05, 0) is 18.2 Å². The SMILES string of the molecule is N[C@H]1c2cc(C(F)(F)F)ccc2OC[C@H]1O. The number of benzene rings is 1. The summed E-state index contributed by atoms with van der Waals surface area (Å²) in [6, 6.07) is 2.24. The van der Waals surface area contributed by atoms with Gasteiger partial charge in [-0.15, -0.1) is 0 Å². The van der Waals surface area contributed by atoms with Gasteiger partial charge in [-0.25, -0.2) is 0 Å². The van der Waals surface area contributed by atoms with Crippen LogP contribution in [0.3, 0.4) is 0 Å². The molecule has 1 aliphatic rings. The zero-order valence-corrected chi connectivity index (χ0v) is 8.16. The van der Waals surface area contributed by atoms with Crippen LogP contribution in [-0.2, 0) is 6.18 Å². The van der Waals surface area contributed by atoms with Crippen molar-refractivity contribution in [2.24, 2.45) is 5.73 Å². The largest absolute Gasteiger partial charge is 0.490 e. The van der Waals surface area contributed by atoms with Crippen LogP contribution in [0.1, 0.15) is 17.2 Å². The van der Waals surface area contributed by atoms with Gasteiger partial charge in [-0.1, -0.05) is 0 Å². The molecule has 0 amide bonds. The summed E-state index contributed by atoms with van der Waals surface area (Å²) in [4.78, 5) is 0. The lowest BCUT2D eigenvalue weighted by Crippen LogP contribution is -2.35. The topological polar surface area (TPSA) is 55.5 Å². The van der Waals surface area contributed by atoms with E-state index in [1.807, 2.05) is 0 Å². The summed E-state index contributed by atoms with van der Waals surface area (Å²) < 4.78 is 42.4. The van der Waals surface area contributed by atoms with Crippen LogP contribution in [0.25, 0.3) is 0 Å². The first-order valence-electron chi connectivity index (χ1n) is 4.67. The normalized spacial score (nSPS) is 24.8. The van der Waals surface area contributed by atoms with Crippen LogP contribution in [0.5, 0.6) is 5.75 Å². The molecule has 0 aromatic heterocycles. The quantitative estimate of drug-likeness (QED) is 0.713. The molecule has 0 radical (unpaired) electrons. The predicted molar refractivity (Wildman–Crippen MR) is 49.9 cm³/mol. The molecule has 1 aromatic rings. The Morgan fingerprint density at radius 2 is 2.06 bits per heavy atom. The van der Waals surface area contributed by atoms with Crippen molar-refractivity contribution < 1.29 is 23.0 Å². The zero-order valence-electron chi connectivity index (χ0n) is 8.16. The molecule has 2 atom stereocenters. The summed E-state index contributed by atoms with van der Waals surface area (Å²) in [5, 5.41) is 9.39. The third kappa shape index (κ3) is 1.85. The van der Waals surface area contributed by atoms with Gasteiger partial charge in [0.05, 0.1) is 11.6 Å². The Balaban J connectivity index is 2.45. The van der Waals surface area contributed by atoms with Crippen LogP contribution in [0.4, 0.5) is 13.2 Å². The maximum absolute atomic E-state index is 12.4. The van der Waals surface area contributed by atoms with Gasteiger partial charge in [0, 0.05) is 5.56 Å². The maximum Gasteiger partial charge on any atom is 0.416 e. The second kappa shape index (κ2) is 3.64. The lowest BCUT2D eigenvalue weighted by molar-refractivity contribution is -0.137. The second-order valence-electron chi connectivity index (χ2n) is 3.65. The van der Waals surface area contributed by atoms with E-state index in [0.29, 0.717) is 5.75 Å². The molecule has 1 heterocycles. The van der Waals surface area contributed by atoms with E-state index >= 15 is 0 Å². The monoisotopic (exact) mass is 233 g/mol. The van der Waals surface area contributed by atoms with E-state index in [4.69, 9.17) is 10.5 Å². The molecule has 0 spiro atoms. The molecule has 1 aromatic carbocycles. The molecule has 0 saturated heterocycles. The average Bonchev–Trinajstić information content (AvgIpc) is 2.22. The van der Waals surface area contributed by atoms with Crippen molar-refractivity contribution in [3.63, 3.8) is 0 Å². The van der Waals surface area contributed by atoms with Crippen molar-refractivity contribution in [2.75, 3.05) is 6.61 Å². The van der Waals surface area contributed by atoms with Gasteiger partial charge in [0.15, 0.2) is 0 Å². The Morgan fingerprint density at radius 3 is 2.69 bits per heavy atom. The number of fused-ring (bicyclic) bond motifs is 1. The Bertz CT molecular complexity index is 406. The van der Waals surface area contributed by atoms with Crippen molar-refractivity contribution in [1.29, 1.82) is 0 Å². The highest BCUT2D eigenvalue weighted by atomic mass is 19.4. The number of alkyl halides is 3. The minimum absolute atomic E-state index is 0.000465. The predicted octanol–water partition coefficient (Wildman–Crippen LogP) is 1.46. The van der Waals surface area contributed by atoms with E-state index in [9.17, 15) is 18.3 Å². The van der Waals surface area contributed by atoms with E-state index in [0.717, 1.165) is 12.1 Å².